The van der Waals surface area contributed by atoms with Gasteiger partial charge in [0, 0.05) is 11.8 Å². The molecule has 0 amide bonds. The molecule has 1 heterocycles. The third kappa shape index (κ3) is 2.37. The van der Waals surface area contributed by atoms with Crippen molar-refractivity contribution < 1.29 is 14.8 Å². The molecule has 0 spiro atoms. The molecule has 1 aromatic heterocycles. The van der Waals surface area contributed by atoms with E-state index in [1.54, 1.807) is 11.6 Å². The molecule has 0 aliphatic rings. The summed E-state index contributed by atoms with van der Waals surface area (Å²) in [5.41, 5.74) is 3.04. The number of benzene rings is 1. The van der Waals surface area contributed by atoms with Gasteiger partial charge in [-0.25, -0.2) is 9.48 Å². The summed E-state index contributed by atoms with van der Waals surface area (Å²) in [4.78, 5) is 21.7. The van der Waals surface area contributed by atoms with E-state index < -0.39 is 10.9 Å². The fourth-order valence-electron chi connectivity index (χ4n) is 2.17. The van der Waals surface area contributed by atoms with Crippen molar-refractivity contribution in [1.29, 1.82) is 0 Å². The molecule has 0 aliphatic carbocycles. The predicted octanol–water partition coefficient (Wildman–Crippen LogP) is 2.71. The summed E-state index contributed by atoms with van der Waals surface area (Å²) in [6.45, 7) is 7.17. The van der Waals surface area contributed by atoms with Gasteiger partial charge in [-0.1, -0.05) is 0 Å². The third-order valence-corrected chi connectivity index (χ3v) is 3.68. The minimum Gasteiger partial charge on any atom is -0.478 e. The van der Waals surface area contributed by atoms with Crippen LogP contribution >= 0.6 is 0 Å². The first-order valence-corrected chi connectivity index (χ1v) is 6.29. The highest BCUT2D eigenvalue weighted by Crippen LogP contribution is 2.28. The van der Waals surface area contributed by atoms with Crippen LogP contribution in [0.25, 0.3) is 5.69 Å². The van der Waals surface area contributed by atoms with Gasteiger partial charge in [-0.05, 0) is 39.3 Å². The lowest BCUT2D eigenvalue weighted by atomic mass is 10.1. The van der Waals surface area contributed by atoms with Gasteiger partial charge >= 0.3 is 5.97 Å². The van der Waals surface area contributed by atoms with Crippen molar-refractivity contribution in [3.05, 3.63) is 50.3 Å². The lowest BCUT2D eigenvalue weighted by Gasteiger charge is -2.10. The van der Waals surface area contributed by atoms with E-state index in [0.29, 0.717) is 11.3 Å². The number of rotatable bonds is 3. The van der Waals surface area contributed by atoms with Gasteiger partial charge in [-0.2, -0.15) is 5.10 Å². The Hall–Kier alpha value is -2.70. The van der Waals surface area contributed by atoms with Gasteiger partial charge in [0.15, 0.2) is 0 Å². The molecule has 0 saturated heterocycles. The molecule has 0 unspecified atom stereocenters. The zero-order valence-electron chi connectivity index (χ0n) is 12.2. The standard InChI is InChI=1S/C14H15N3O4/c1-7-9(3)15-16(10(7)4)12-5-11(14(18)19)6-13(8(12)2)17(20)21/h5-6H,1-4H3,(H,18,19). The van der Waals surface area contributed by atoms with Gasteiger partial charge in [-0.15, -0.1) is 0 Å². The van der Waals surface area contributed by atoms with E-state index in [1.165, 1.54) is 6.07 Å². The quantitative estimate of drug-likeness (QED) is 0.692. The summed E-state index contributed by atoms with van der Waals surface area (Å²) in [7, 11) is 0. The average Bonchev–Trinajstić information content (AvgIpc) is 2.66. The molecule has 1 N–H and O–H groups in total. The molecule has 2 rings (SSSR count). The number of nitrogens with zero attached hydrogens (tertiary/aromatic N) is 3. The molecule has 1 aromatic carbocycles. The first-order chi connectivity index (χ1) is 9.73. The number of aromatic carboxylic acids is 1. The molecule has 0 saturated carbocycles. The zero-order chi connectivity index (χ0) is 15.9. The van der Waals surface area contributed by atoms with E-state index in [9.17, 15) is 14.9 Å². The normalized spacial score (nSPS) is 10.7. The Morgan fingerprint density at radius 3 is 2.29 bits per heavy atom. The van der Waals surface area contributed by atoms with Crippen molar-refractivity contribution in [1.82, 2.24) is 9.78 Å². The Kier molecular flexibility index (Phi) is 3.51. The Balaban J connectivity index is 2.81. The van der Waals surface area contributed by atoms with Crippen LogP contribution in [0.1, 0.15) is 32.9 Å². The second kappa shape index (κ2) is 5.01. The molecule has 0 bridgehead atoms. The Bertz CT molecular complexity index is 762. The van der Waals surface area contributed by atoms with Gasteiger partial charge in [-0.3, -0.25) is 10.1 Å². The van der Waals surface area contributed by atoms with Crippen molar-refractivity contribution in [2.24, 2.45) is 0 Å². The zero-order valence-corrected chi connectivity index (χ0v) is 12.2. The molecule has 21 heavy (non-hydrogen) atoms. The van der Waals surface area contributed by atoms with E-state index in [1.807, 2.05) is 20.8 Å². The highest BCUT2D eigenvalue weighted by atomic mass is 16.6. The molecular weight excluding hydrogens is 274 g/mol. The number of aryl methyl sites for hydroxylation is 1. The van der Waals surface area contributed by atoms with Crippen molar-refractivity contribution in [2.75, 3.05) is 0 Å². The summed E-state index contributed by atoms with van der Waals surface area (Å²) in [5, 5.41) is 24.6. The van der Waals surface area contributed by atoms with Crippen LogP contribution in [-0.4, -0.2) is 25.8 Å². The van der Waals surface area contributed by atoms with Crippen molar-refractivity contribution in [3.8, 4) is 5.69 Å². The van der Waals surface area contributed by atoms with Crippen LogP contribution in [0.15, 0.2) is 12.1 Å². The Labute approximate surface area is 121 Å². The van der Waals surface area contributed by atoms with Crippen LogP contribution in [0.4, 0.5) is 5.69 Å². The molecule has 0 atom stereocenters. The monoisotopic (exact) mass is 289 g/mol. The molecule has 7 heteroatoms. The second-order valence-electron chi connectivity index (χ2n) is 4.91. The largest absolute Gasteiger partial charge is 0.478 e. The maximum Gasteiger partial charge on any atom is 0.336 e. The molecule has 0 aliphatic heterocycles. The van der Waals surface area contributed by atoms with Crippen molar-refractivity contribution >= 4 is 11.7 Å². The summed E-state index contributed by atoms with van der Waals surface area (Å²) in [6.07, 6.45) is 0. The Morgan fingerprint density at radius 1 is 1.24 bits per heavy atom. The Morgan fingerprint density at radius 2 is 1.86 bits per heavy atom. The van der Waals surface area contributed by atoms with Gasteiger partial charge in [0.2, 0.25) is 0 Å². The molecule has 7 nitrogen and oxygen atoms in total. The number of aromatic nitrogens is 2. The molecule has 0 fully saturated rings. The van der Waals surface area contributed by atoms with Gasteiger partial charge < -0.3 is 5.11 Å². The molecule has 110 valence electrons. The van der Waals surface area contributed by atoms with Crippen LogP contribution in [0, 0.1) is 37.8 Å². The minimum absolute atomic E-state index is 0.132. The van der Waals surface area contributed by atoms with Crippen molar-refractivity contribution in [2.45, 2.75) is 27.7 Å². The fraction of sp³-hybridized carbons (Fsp3) is 0.286. The second-order valence-corrected chi connectivity index (χ2v) is 4.91. The minimum atomic E-state index is -1.21. The smallest absolute Gasteiger partial charge is 0.336 e. The van der Waals surface area contributed by atoms with Crippen LogP contribution < -0.4 is 0 Å². The average molecular weight is 289 g/mol. The number of carbonyl (C=O) groups is 1. The topological polar surface area (TPSA) is 98.3 Å². The van der Waals surface area contributed by atoms with Gasteiger partial charge in [0.05, 0.1) is 27.4 Å². The fourth-order valence-corrected chi connectivity index (χ4v) is 2.17. The molecular formula is C14H15N3O4. The highest BCUT2D eigenvalue weighted by Gasteiger charge is 2.22. The van der Waals surface area contributed by atoms with E-state index >= 15 is 0 Å². The van der Waals surface area contributed by atoms with E-state index in [0.717, 1.165) is 23.0 Å². The van der Waals surface area contributed by atoms with E-state index in [4.69, 9.17) is 5.11 Å². The number of hydrogen-bond donors (Lipinski definition) is 1. The van der Waals surface area contributed by atoms with E-state index in [2.05, 4.69) is 5.10 Å². The number of nitro groups is 1. The number of nitro benzene ring substituents is 1. The van der Waals surface area contributed by atoms with E-state index in [-0.39, 0.29) is 11.3 Å². The van der Waals surface area contributed by atoms with Crippen molar-refractivity contribution in [3.63, 3.8) is 0 Å². The molecule has 2 aromatic rings. The maximum atomic E-state index is 11.2. The number of carboxylic acids is 1. The van der Waals surface area contributed by atoms with Gasteiger partial charge in [0.1, 0.15) is 0 Å². The highest BCUT2D eigenvalue weighted by molar-refractivity contribution is 5.89. The maximum absolute atomic E-state index is 11.2. The predicted molar refractivity (Wildman–Crippen MR) is 76.1 cm³/mol. The summed E-state index contributed by atoms with van der Waals surface area (Å²) >= 11 is 0. The number of carboxylic acid groups (broad SMARTS) is 1. The summed E-state index contributed by atoms with van der Waals surface area (Å²) < 4.78 is 1.55. The van der Waals surface area contributed by atoms with Crippen LogP contribution in [-0.2, 0) is 0 Å². The number of hydrogen-bond acceptors (Lipinski definition) is 4. The first kappa shape index (κ1) is 14.7. The van der Waals surface area contributed by atoms with Crippen LogP contribution in [0.3, 0.4) is 0 Å². The van der Waals surface area contributed by atoms with Gasteiger partial charge in [0.25, 0.3) is 5.69 Å². The van der Waals surface area contributed by atoms with Crippen LogP contribution in [0.2, 0.25) is 0 Å². The molecule has 0 radical (unpaired) electrons. The van der Waals surface area contributed by atoms with Crippen LogP contribution in [0.5, 0.6) is 0 Å². The third-order valence-electron chi connectivity index (χ3n) is 3.68. The summed E-state index contributed by atoms with van der Waals surface area (Å²) in [6, 6.07) is 2.48. The SMILES string of the molecule is Cc1nn(-c2cc(C(=O)O)cc([N+](=O)[O-])c2C)c(C)c1C. The summed E-state index contributed by atoms with van der Waals surface area (Å²) in [5.74, 6) is -1.21. The first-order valence-electron chi connectivity index (χ1n) is 6.29. The lowest BCUT2D eigenvalue weighted by Crippen LogP contribution is -2.08. The lowest BCUT2D eigenvalue weighted by molar-refractivity contribution is -0.385.